The predicted molar refractivity (Wildman–Crippen MR) is 90.8 cm³/mol. The molecule has 2 aromatic carbocycles. The van der Waals surface area contributed by atoms with E-state index in [1.54, 1.807) is 12.1 Å². The molecule has 0 atom stereocenters. The van der Waals surface area contributed by atoms with Crippen molar-refractivity contribution in [2.24, 2.45) is 0 Å². The smallest absolute Gasteiger partial charge is 0.137 e. The van der Waals surface area contributed by atoms with Crippen molar-refractivity contribution in [3.8, 4) is 0 Å². The number of hydrogen-bond acceptors (Lipinski definition) is 1. The SMILES string of the molecule is C[Si](C)(C)c1ccc(CNc2ccc(F)c(Br)c2)cc1. The largest absolute Gasteiger partial charge is 0.381 e. The van der Waals surface area contributed by atoms with Crippen molar-refractivity contribution in [2.45, 2.75) is 26.2 Å². The molecule has 4 heteroatoms. The van der Waals surface area contributed by atoms with E-state index in [4.69, 9.17) is 0 Å². The Morgan fingerprint density at radius 3 is 2.25 bits per heavy atom. The molecule has 0 heterocycles. The zero-order valence-electron chi connectivity index (χ0n) is 12.0. The molecule has 2 aromatic rings. The molecule has 0 spiro atoms. The van der Waals surface area contributed by atoms with Crippen LogP contribution in [0.4, 0.5) is 10.1 Å². The van der Waals surface area contributed by atoms with E-state index in [-0.39, 0.29) is 5.82 Å². The van der Waals surface area contributed by atoms with Crippen LogP contribution in [0.15, 0.2) is 46.9 Å². The molecule has 2 rings (SSSR count). The zero-order valence-corrected chi connectivity index (χ0v) is 14.6. The van der Waals surface area contributed by atoms with Crippen LogP contribution in [0, 0.1) is 5.82 Å². The Bertz CT molecular complexity index is 590. The van der Waals surface area contributed by atoms with Gasteiger partial charge in [-0.05, 0) is 39.7 Å². The van der Waals surface area contributed by atoms with E-state index in [1.807, 2.05) is 0 Å². The van der Waals surface area contributed by atoms with E-state index in [0.29, 0.717) is 4.47 Å². The van der Waals surface area contributed by atoms with Crippen molar-refractivity contribution in [2.75, 3.05) is 5.32 Å². The minimum absolute atomic E-state index is 0.241. The van der Waals surface area contributed by atoms with Gasteiger partial charge in [0.1, 0.15) is 5.82 Å². The van der Waals surface area contributed by atoms with Gasteiger partial charge in [-0.1, -0.05) is 49.1 Å². The quantitative estimate of drug-likeness (QED) is 0.784. The lowest BCUT2D eigenvalue weighted by molar-refractivity contribution is 0.621. The second kappa shape index (κ2) is 6.10. The maximum absolute atomic E-state index is 13.1. The molecule has 0 aliphatic rings. The average Bonchev–Trinajstić information content (AvgIpc) is 2.40. The standard InChI is InChI=1S/C16H19BrFNSi/c1-20(2,3)14-7-4-12(5-8-14)11-19-13-6-9-16(18)15(17)10-13/h4-10,19H,11H2,1-3H3. The Morgan fingerprint density at radius 1 is 1.05 bits per heavy atom. The minimum Gasteiger partial charge on any atom is -0.381 e. The van der Waals surface area contributed by atoms with Crippen molar-refractivity contribution >= 4 is 34.9 Å². The molecular weight excluding hydrogens is 333 g/mol. The van der Waals surface area contributed by atoms with E-state index < -0.39 is 8.07 Å². The van der Waals surface area contributed by atoms with E-state index >= 15 is 0 Å². The van der Waals surface area contributed by atoms with Gasteiger partial charge in [0.25, 0.3) is 0 Å². The van der Waals surface area contributed by atoms with Crippen LogP contribution in [0.1, 0.15) is 5.56 Å². The monoisotopic (exact) mass is 351 g/mol. The first-order chi connectivity index (χ1) is 9.36. The van der Waals surface area contributed by atoms with Crippen LogP contribution in [0.2, 0.25) is 19.6 Å². The maximum atomic E-state index is 13.1. The lowest BCUT2D eigenvalue weighted by atomic mass is 10.2. The molecule has 1 nitrogen and oxygen atoms in total. The summed E-state index contributed by atoms with van der Waals surface area (Å²) in [5, 5.41) is 4.77. The fourth-order valence-corrected chi connectivity index (χ4v) is 3.48. The summed E-state index contributed by atoms with van der Waals surface area (Å²) in [6, 6.07) is 13.7. The molecule has 0 radical (unpaired) electrons. The van der Waals surface area contributed by atoms with Gasteiger partial charge in [0.2, 0.25) is 0 Å². The molecule has 1 N–H and O–H groups in total. The van der Waals surface area contributed by atoms with Gasteiger partial charge in [0.05, 0.1) is 12.5 Å². The number of anilines is 1. The van der Waals surface area contributed by atoms with Crippen molar-refractivity contribution in [3.63, 3.8) is 0 Å². The molecule has 0 amide bonds. The van der Waals surface area contributed by atoms with E-state index in [0.717, 1.165) is 12.2 Å². The fraction of sp³-hybridized carbons (Fsp3) is 0.250. The summed E-state index contributed by atoms with van der Waals surface area (Å²) in [6.45, 7) is 7.77. The second-order valence-corrected chi connectivity index (χ2v) is 11.9. The molecule has 0 aliphatic heterocycles. The Hall–Kier alpha value is -1.13. The molecule has 0 saturated carbocycles. The van der Waals surface area contributed by atoms with Gasteiger partial charge in [-0.25, -0.2) is 4.39 Å². The summed E-state index contributed by atoms with van der Waals surface area (Å²) in [7, 11) is -1.23. The van der Waals surface area contributed by atoms with E-state index in [9.17, 15) is 4.39 Å². The molecule has 0 aliphatic carbocycles. The number of benzene rings is 2. The normalized spacial score (nSPS) is 11.4. The minimum atomic E-state index is -1.23. The van der Waals surface area contributed by atoms with Gasteiger partial charge in [-0.15, -0.1) is 0 Å². The molecule has 0 unspecified atom stereocenters. The fourth-order valence-electron chi connectivity index (χ4n) is 1.93. The van der Waals surface area contributed by atoms with Gasteiger partial charge >= 0.3 is 0 Å². The van der Waals surface area contributed by atoms with Crippen LogP contribution in [0.5, 0.6) is 0 Å². The second-order valence-electron chi connectivity index (χ2n) is 5.93. The summed E-state index contributed by atoms with van der Waals surface area (Å²) < 4.78 is 13.6. The predicted octanol–water partition coefficient (Wildman–Crippen LogP) is 4.75. The molecular formula is C16H19BrFNSi. The van der Waals surface area contributed by atoms with Crippen molar-refractivity contribution in [1.82, 2.24) is 0 Å². The molecule has 106 valence electrons. The molecule has 0 bridgehead atoms. The summed E-state index contributed by atoms with van der Waals surface area (Å²) in [5.74, 6) is -0.241. The molecule has 0 aromatic heterocycles. The highest BCUT2D eigenvalue weighted by Gasteiger charge is 2.15. The third-order valence-corrected chi connectivity index (χ3v) is 5.91. The summed E-state index contributed by atoms with van der Waals surface area (Å²) in [5.41, 5.74) is 2.14. The van der Waals surface area contributed by atoms with E-state index in [1.165, 1.54) is 16.8 Å². The van der Waals surface area contributed by atoms with Crippen LogP contribution in [-0.2, 0) is 6.54 Å². The zero-order chi connectivity index (χ0) is 14.8. The van der Waals surface area contributed by atoms with Gasteiger partial charge in [-0.3, -0.25) is 0 Å². The van der Waals surface area contributed by atoms with Gasteiger partial charge in [0, 0.05) is 12.2 Å². The first-order valence-corrected chi connectivity index (χ1v) is 10.9. The first kappa shape index (κ1) is 15.3. The van der Waals surface area contributed by atoms with Crippen molar-refractivity contribution in [1.29, 1.82) is 0 Å². The topological polar surface area (TPSA) is 12.0 Å². The number of rotatable bonds is 4. The van der Waals surface area contributed by atoms with Gasteiger partial charge < -0.3 is 5.32 Å². The Kier molecular flexibility index (Phi) is 4.65. The highest BCUT2D eigenvalue weighted by molar-refractivity contribution is 9.10. The number of hydrogen-bond donors (Lipinski definition) is 1. The van der Waals surface area contributed by atoms with Crippen LogP contribution in [0.3, 0.4) is 0 Å². The highest BCUT2D eigenvalue weighted by atomic mass is 79.9. The van der Waals surface area contributed by atoms with Crippen LogP contribution < -0.4 is 10.5 Å². The average molecular weight is 352 g/mol. The lowest BCUT2D eigenvalue weighted by Crippen LogP contribution is -2.37. The Labute approximate surface area is 129 Å². The van der Waals surface area contributed by atoms with Gasteiger partial charge in [-0.2, -0.15) is 0 Å². The number of halogens is 2. The van der Waals surface area contributed by atoms with Crippen LogP contribution in [-0.4, -0.2) is 8.07 Å². The van der Waals surface area contributed by atoms with Crippen molar-refractivity contribution < 1.29 is 4.39 Å². The van der Waals surface area contributed by atoms with Crippen LogP contribution in [0.25, 0.3) is 0 Å². The summed E-state index contributed by atoms with van der Waals surface area (Å²) in [6.07, 6.45) is 0. The van der Waals surface area contributed by atoms with E-state index in [2.05, 4.69) is 65.2 Å². The highest BCUT2D eigenvalue weighted by Crippen LogP contribution is 2.20. The first-order valence-electron chi connectivity index (χ1n) is 6.64. The summed E-state index contributed by atoms with van der Waals surface area (Å²) in [4.78, 5) is 0. The van der Waals surface area contributed by atoms with Crippen LogP contribution >= 0.6 is 15.9 Å². The Balaban J connectivity index is 2.02. The van der Waals surface area contributed by atoms with Gasteiger partial charge in [0.15, 0.2) is 0 Å². The maximum Gasteiger partial charge on any atom is 0.137 e. The number of nitrogens with one attached hydrogen (secondary N) is 1. The molecule has 20 heavy (non-hydrogen) atoms. The molecule has 0 fully saturated rings. The van der Waals surface area contributed by atoms with Crippen molar-refractivity contribution in [3.05, 3.63) is 58.3 Å². The third kappa shape index (κ3) is 3.93. The Morgan fingerprint density at radius 2 is 1.70 bits per heavy atom. The molecule has 0 saturated heterocycles. The summed E-state index contributed by atoms with van der Waals surface area (Å²) >= 11 is 3.19. The lowest BCUT2D eigenvalue weighted by Gasteiger charge is -2.17. The third-order valence-electron chi connectivity index (χ3n) is 3.24.